The van der Waals surface area contributed by atoms with Crippen LogP contribution in [0.15, 0.2) is 28.3 Å². The van der Waals surface area contributed by atoms with Crippen molar-refractivity contribution in [1.82, 2.24) is 9.97 Å². The van der Waals surface area contributed by atoms with Gasteiger partial charge in [-0.05, 0) is 27.4 Å². The Hall–Kier alpha value is -0.650. The summed E-state index contributed by atoms with van der Waals surface area (Å²) in [5.41, 5.74) is 0. The van der Waals surface area contributed by atoms with E-state index in [1.54, 1.807) is 11.3 Å². The van der Waals surface area contributed by atoms with Gasteiger partial charge in [-0.1, -0.05) is 17.7 Å². The predicted octanol–water partition coefficient (Wildman–Crippen LogP) is 3.59. The average Bonchev–Trinajstić information content (AvgIpc) is 2.74. The van der Waals surface area contributed by atoms with Crippen LogP contribution in [0, 0.1) is 0 Å². The number of nitrogens with zero attached hydrogens (tertiary/aromatic N) is 3. The Morgan fingerprint density at radius 3 is 3.00 bits per heavy atom. The molecule has 0 unspecified atom stereocenters. The number of halogens is 2. The van der Waals surface area contributed by atoms with E-state index in [2.05, 4.69) is 37.3 Å². The molecule has 2 aromatic rings. The summed E-state index contributed by atoms with van der Waals surface area (Å²) in [6, 6.07) is 4.13. The van der Waals surface area contributed by atoms with Gasteiger partial charge in [0, 0.05) is 11.9 Å². The molecule has 2 rings (SSSR count). The monoisotopic (exact) mass is 317 g/mol. The van der Waals surface area contributed by atoms with Crippen LogP contribution in [0.4, 0.5) is 5.82 Å². The molecule has 0 aliphatic rings. The van der Waals surface area contributed by atoms with Crippen LogP contribution in [-0.2, 0) is 6.54 Å². The number of aromatic nitrogens is 2. The molecular weight excluding hydrogens is 310 g/mol. The minimum Gasteiger partial charge on any atom is -0.353 e. The Kier molecular flexibility index (Phi) is 3.78. The number of hydrogen-bond acceptors (Lipinski definition) is 4. The van der Waals surface area contributed by atoms with E-state index in [9.17, 15) is 0 Å². The number of anilines is 1. The first-order chi connectivity index (χ1) is 7.68. The molecule has 0 N–H and O–H groups in total. The standard InChI is InChI=1S/C10H9BrClN3S/c1-15(5-7-3-2-4-16-7)10-8(11)9(12)13-6-14-10/h2-4,6H,5H2,1H3. The maximum absolute atomic E-state index is 5.92. The fraction of sp³-hybridized carbons (Fsp3) is 0.200. The molecule has 0 aliphatic heterocycles. The van der Waals surface area contributed by atoms with Gasteiger partial charge in [-0.25, -0.2) is 9.97 Å². The Labute approximate surface area is 111 Å². The van der Waals surface area contributed by atoms with Gasteiger partial charge in [-0.3, -0.25) is 0 Å². The van der Waals surface area contributed by atoms with E-state index in [4.69, 9.17) is 11.6 Å². The summed E-state index contributed by atoms with van der Waals surface area (Å²) in [6.45, 7) is 0.809. The lowest BCUT2D eigenvalue weighted by Crippen LogP contribution is -2.17. The van der Waals surface area contributed by atoms with Crippen LogP contribution >= 0.6 is 38.9 Å². The first kappa shape index (κ1) is 11.8. The Bertz CT molecular complexity index is 475. The van der Waals surface area contributed by atoms with Crippen LogP contribution < -0.4 is 4.90 Å². The highest BCUT2D eigenvalue weighted by Gasteiger charge is 2.11. The smallest absolute Gasteiger partial charge is 0.148 e. The second-order valence-electron chi connectivity index (χ2n) is 3.24. The fourth-order valence-corrected chi connectivity index (χ4v) is 2.71. The van der Waals surface area contributed by atoms with Crippen molar-refractivity contribution in [2.24, 2.45) is 0 Å². The van der Waals surface area contributed by atoms with Crippen molar-refractivity contribution in [2.75, 3.05) is 11.9 Å². The van der Waals surface area contributed by atoms with Crippen molar-refractivity contribution >= 4 is 44.7 Å². The highest BCUT2D eigenvalue weighted by Crippen LogP contribution is 2.29. The van der Waals surface area contributed by atoms with Crippen molar-refractivity contribution in [3.63, 3.8) is 0 Å². The minimum atomic E-state index is 0.433. The molecule has 0 amide bonds. The van der Waals surface area contributed by atoms with E-state index in [0.717, 1.165) is 16.8 Å². The Morgan fingerprint density at radius 2 is 2.31 bits per heavy atom. The van der Waals surface area contributed by atoms with E-state index in [1.165, 1.54) is 11.2 Å². The lowest BCUT2D eigenvalue weighted by Gasteiger charge is -2.18. The highest BCUT2D eigenvalue weighted by atomic mass is 79.9. The Morgan fingerprint density at radius 1 is 1.50 bits per heavy atom. The van der Waals surface area contributed by atoms with Crippen LogP contribution in [-0.4, -0.2) is 17.0 Å². The Balaban J connectivity index is 2.21. The van der Waals surface area contributed by atoms with Gasteiger partial charge in [-0.15, -0.1) is 11.3 Å². The molecule has 0 radical (unpaired) electrons. The molecule has 0 bridgehead atoms. The molecular formula is C10H9BrClN3S. The average molecular weight is 319 g/mol. The largest absolute Gasteiger partial charge is 0.353 e. The summed E-state index contributed by atoms with van der Waals surface area (Å²) in [5, 5.41) is 2.49. The quantitative estimate of drug-likeness (QED) is 0.810. The van der Waals surface area contributed by atoms with E-state index < -0.39 is 0 Å². The van der Waals surface area contributed by atoms with Gasteiger partial charge in [0.25, 0.3) is 0 Å². The molecule has 16 heavy (non-hydrogen) atoms. The molecule has 6 heteroatoms. The highest BCUT2D eigenvalue weighted by molar-refractivity contribution is 9.10. The number of thiophene rings is 1. The van der Waals surface area contributed by atoms with E-state index in [-0.39, 0.29) is 0 Å². The zero-order valence-electron chi connectivity index (χ0n) is 8.52. The van der Waals surface area contributed by atoms with Crippen molar-refractivity contribution in [1.29, 1.82) is 0 Å². The SMILES string of the molecule is CN(Cc1cccs1)c1ncnc(Cl)c1Br. The molecule has 0 atom stereocenters. The lowest BCUT2D eigenvalue weighted by atomic mass is 10.4. The molecule has 0 saturated heterocycles. The van der Waals surface area contributed by atoms with Gasteiger partial charge in [0.2, 0.25) is 0 Å². The van der Waals surface area contributed by atoms with Gasteiger partial charge in [-0.2, -0.15) is 0 Å². The summed E-state index contributed by atoms with van der Waals surface area (Å²) < 4.78 is 0.732. The second kappa shape index (κ2) is 5.12. The van der Waals surface area contributed by atoms with Crippen molar-refractivity contribution in [3.8, 4) is 0 Å². The number of rotatable bonds is 3. The van der Waals surface area contributed by atoms with Gasteiger partial charge in [0.15, 0.2) is 0 Å². The predicted molar refractivity (Wildman–Crippen MR) is 71.2 cm³/mol. The minimum absolute atomic E-state index is 0.433. The van der Waals surface area contributed by atoms with Gasteiger partial charge in [0.1, 0.15) is 17.3 Å². The zero-order chi connectivity index (χ0) is 11.5. The molecule has 0 aromatic carbocycles. The molecule has 2 heterocycles. The first-order valence-corrected chi connectivity index (χ1v) is 6.63. The number of hydrogen-bond donors (Lipinski definition) is 0. The maximum Gasteiger partial charge on any atom is 0.148 e. The van der Waals surface area contributed by atoms with Gasteiger partial charge in [0.05, 0.1) is 11.0 Å². The second-order valence-corrected chi connectivity index (χ2v) is 5.42. The molecule has 0 saturated carbocycles. The summed E-state index contributed by atoms with van der Waals surface area (Å²) in [7, 11) is 1.98. The topological polar surface area (TPSA) is 29.0 Å². The molecule has 0 aliphatic carbocycles. The van der Waals surface area contributed by atoms with E-state index in [1.807, 2.05) is 18.0 Å². The van der Waals surface area contributed by atoms with Crippen LogP contribution in [0.25, 0.3) is 0 Å². The van der Waals surface area contributed by atoms with Crippen LogP contribution in [0.2, 0.25) is 5.15 Å². The third-order valence-electron chi connectivity index (χ3n) is 2.06. The van der Waals surface area contributed by atoms with Crippen molar-refractivity contribution < 1.29 is 0 Å². The van der Waals surface area contributed by atoms with Crippen LogP contribution in [0.3, 0.4) is 0 Å². The summed E-state index contributed by atoms with van der Waals surface area (Å²) in [5.74, 6) is 0.799. The molecule has 3 nitrogen and oxygen atoms in total. The van der Waals surface area contributed by atoms with E-state index in [0.29, 0.717) is 5.15 Å². The van der Waals surface area contributed by atoms with Crippen LogP contribution in [0.1, 0.15) is 4.88 Å². The summed E-state index contributed by atoms with van der Waals surface area (Å²) in [6.07, 6.45) is 1.47. The molecule has 84 valence electrons. The van der Waals surface area contributed by atoms with Crippen molar-refractivity contribution in [3.05, 3.63) is 38.3 Å². The first-order valence-electron chi connectivity index (χ1n) is 4.58. The zero-order valence-corrected chi connectivity index (χ0v) is 11.7. The fourth-order valence-electron chi connectivity index (χ4n) is 1.32. The van der Waals surface area contributed by atoms with Crippen molar-refractivity contribution in [2.45, 2.75) is 6.54 Å². The van der Waals surface area contributed by atoms with Gasteiger partial charge < -0.3 is 4.90 Å². The third-order valence-corrected chi connectivity index (χ3v) is 4.17. The molecule has 0 spiro atoms. The lowest BCUT2D eigenvalue weighted by molar-refractivity contribution is 0.899. The molecule has 0 fully saturated rings. The summed E-state index contributed by atoms with van der Waals surface area (Å²) in [4.78, 5) is 11.4. The van der Waals surface area contributed by atoms with Crippen LogP contribution in [0.5, 0.6) is 0 Å². The summed E-state index contributed by atoms with van der Waals surface area (Å²) >= 11 is 11.0. The molecule has 2 aromatic heterocycles. The van der Waals surface area contributed by atoms with Gasteiger partial charge >= 0.3 is 0 Å². The maximum atomic E-state index is 5.92. The third kappa shape index (κ3) is 2.53. The van der Waals surface area contributed by atoms with E-state index >= 15 is 0 Å². The normalized spacial score (nSPS) is 10.4.